The summed E-state index contributed by atoms with van der Waals surface area (Å²) in [5.41, 5.74) is 3.00. The molecule has 0 saturated carbocycles. The van der Waals surface area contributed by atoms with E-state index in [1.807, 2.05) is 53.6 Å². The highest BCUT2D eigenvalue weighted by Gasteiger charge is 2.21. The molecular weight excluding hydrogens is 429 g/mol. The number of hydrogen-bond donors (Lipinski definition) is 0. The minimum absolute atomic E-state index is 0.0740. The Labute approximate surface area is 201 Å². The summed E-state index contributed by atoms with van der Waals surface area (Å²) in [5, 5.41) is 0. The summed E-state index contributed by atoms with van der Waals surface area (Å²) in [4.78, 5) is 29.0. The van der Waals surface area contributed by atoms with Crippen molar-refractivity contribution in [3.05, 3.63) is 95.6 Å². The van der Waals surface area contributed by atoms with Gasteiger partial charge in [-0.2, -0.15) is 0 Å². The quantitative estimate of drug-likeness (QED) is 0.345. The van der Waals surface area contributed by atoms with E-state index in [1.165, 1.54) is 19.1 Å². The van der Waals surface area contributed by atoms with Gasteiger partial charge in [-0.3, -0.25) is 9.59 Å². The zero-order valence-electron chi connectivity index (χ0n) is 20.1. The van der Waals surface area contributed by atoms with Gasteiger partial charge in [0.05, 0.1) is 13.1 Å². The Hall–Kier alpha value is -3.41. The Kier molecular flexibility index (Phi) is 9.44. The minimum Gasteiger partial charge on any atom is -0.345 e. The maximum absolute atomic E-state index is 13.4. The molecule has 5 nitrogen and oxygen atoms in total. The normalized spacial score (nSPS) is 10.8. The number of rotatable bonds is 12. The van der Waals surface area contributed by atoms with Crippen LogP contribution in [0.5, 0.6) is 0 Å². The Morgan fingerprint density at radius 1 is 0.853 bits per heavy atom. The molecule has 0 saturated heterocycles. The van der Waals surface area contributed by atoms with Crippen molar-refractivity contribution in [2.45, 2.75) is 52.7 Å². The Balaban J connectivity index is 1.77. The summed E-state index contributed by atoms with van der Waals surface area (Å²) in [7, 11) is 0. The molecule has 6 heteroatoms. The first-order valence-electron chi connectivity index (χ1n) is 11.9. The van der Waals surface area contributed by atoms with Gasteiger partial charge in [0.15, 0.2) is 0 Å². The summed E-state index contributed by atoms with van der Waals surface area (Å²) in [6.07, 6.45) is 4.95. The summed E-state index contributed by atoms with van der Waals surface area (Å²) >= 11 is 0. The molecule has 0 unspecified atom stereocenters. The van der Waals surface area contributed by atoms with Crippen LogP contribution in [0.1, 0.15) is 49.9 Å². The molecule has 0 aliphatic heterocycles. The first-order chi connectivity index (χ1) is 16.5. The molecule has 0 spiro atoms. The highest BCUT2D eigenvalue weighted by atomic mass is 19.1. The van der Waals surface area contributed by atoms with Gasteiger partial charge in [-0.1, -0.05) is 62.2 Å². The van der Waals surface area contributed by atoms with Crippen LogP contribution >= 0.6 is 0 Å². The van der Waals surface area contributed by atoms with Gasteiger partial charge in [0.25, 0.3) is 0 Å². The van der Waals surface area contributed by atoms with E-state index in [1.54, 1.807) is 17.0 Å². The number of carbonyl (C=O) groups is 2. The van der Waals surface area contributed by atoms with E-state index in [2.05, 4.69) is 11.5 Å². The van der Waals surface area contributed by atoms with Crippen LogP contribution in [0, 0.1) is 5.82 Å². The van der Waals surface area contributed by atoms with Crippen LogP contribution in [-0.2, 0) is 29.2 Å². The van der Waals surface area contributed by atoms with Gasteiger partial charge in [-0.25, -0.2) is 4.39 Å². The SMILES string of the molecule is CCCCCN(CC(=O)N(Cc1ccccc1)Cc1cccn1Cc1ccc(F)cc1)C(C)=O. The zero-order chi connectivity index (χ0) is 24.3. The summed E-state index contributed by atoms with van der Waals surface area (Å²) in [5.74, 6) is -0.418. The van der Waals surface area contributed by atoms with Gasteiger partial charge in [-0.15, -0.1) is 0 Å². The van der Waals surface area contributed by atoms with Gasteiger partial charge >= 0.3 is 0 Å². The predicted octanol–water partition coefficient (Wildman–Crippen LogP) is 5.24. The third kappa shape index (κ3) is 7.58. The molecule has 1 heterocycles. The number of nitrogens with zero attached hydrogens (tertiary/aromatic N) is 3. The summed E-state index contributed by atoms with van der Waals surface area (Å²) in [6, 6.07) is 20.3. The average Bonchev–Trinajstić information content (AvgIpc) is 3.26. The lowest BCUT2D eigenvalue weighted by atomic mass is 10.2. The van der Waals surface area contributed by atoms with Crippen molar-refractivity contribution in [2.24, 2.45) is 0 Å². The maximum atomic E-state index is 13.4. The number of unbranched alkanes of at least 4 members (excludes halogenated alkanes) is 2. The van der Waals surface area contributed by atoms with E-state index >= 15 is 0 Å². The molecule has 0 aliphatic carbocycles. The number of halogens is 1. The fourth-order valence-corrected chi connectivity index (χ4v) is 3.93. The molecule has 3 aromatic rings. The van der Waals surface area contributed by atoms with E-state index in [4.69, 9.17) is 0 Å². The van der Waals surface area contributed by atoms with Crippen LogP contribution in [0.25, 0.3) is 0 Å². The van der Waals surface area contributed by atoms with E-state index in [-0.39, 0.29) is 24.2 Å². The second kappa shape index (κ2) is 12.7. The minimum atomic E-state index is -0.259. The fraction of sp³-hybridized carbons (Fsp3) is 0.357. The lowest BCUT2D eigenvalue weighted by molar-refractivity contribution is -0.140. The number of benzene rings is 2. The molecule has 0 radical (unpaired) electrons. The lowest BCUT2D eigenvalue weighted by Crippen LogP contribution is -2.42. The van der Waals surface area contributed by atoms with Gasteiger partial charge in [0.2, 0.25) is 11.8 Å². The van der Waals surface area contributed by atoms with Crippen molar-refractivity contribution in [3.63, 3.8) is 0 Å². The predicted molar refractivity (Wildman–Crippen MR) is 132 cm³/mol. The first kappa shape index (κ1) is 25.2. The smallest absolute Gasteiger partial charge is 0.242 e. The molecule has 34 heavy (non-hydrogen) atoms. The van der Waals surface area contributed by atoms with Crippen molar-refractivity contribution in [1.29, 1.82) is 0 Å². The van der Waals surface area contributed by atoms with Crippen LogP contribution in [-0.4, -0.2) is 39.3 Å². The molecule has 180 valence electrons. The molecule has 1 aromatic heterocycles. The summed E-state index contributed by atoms with van der Waals surface area (Å²) < 4.78 is 15.4. The van der Waals surface area contributed by atoms with E-state index in [9.17, 15) is 14.0 Å². The molecule has 2 aromatic carbocycles. The van der Waals surface area contributed by atoms with Crippen molar-refractivity contribution in [2.75, 3.05) is 13.1 Å². The average molecular weight is 464 g/mol. The molecule has 0 N–H and O–H groups in total. The third-order valence-electron chi connectivity index (χ3n) is 5.91. The number of carbonyl (C=O) groups excluding carboxylic acids is 2. The zero-order valence-corrected chi connectivity index (χ0v) is 20.1. The maximum Gasteiger partial charge on any atom is 0.242 e. The topological polar surface area (TPSA) is 45.6 Å². The Morgan fingerprint density at radius 3 is 2.26 bits per heavy atom. The highest BCUT2D eigenvalue weighted by molar-refractivity contribution is 5.83. The monoisotopic (exact) mass is 463 g/mol. The van der Waals surface area contributed by atoms with Crippen molar-refractivity contribution < 1.29 is 14.0 Å². The third-order valence-corrected chi connectivity index (χ3v) is 5.91. The van der Waals surface area contributed by atoms with Crippen LogP contribution in [0.2, 0.25) is 0 Å². The summed E-state index contributed by atoms with van der Waals surface area (Å²) in [6.45, 7) is 5.78. The van der Waals surface area contributed by atoms with Crippen LogP contribution in [0.3, 0.4) is 0 Å². The fourth-order valence-electron chi connectivity index (χ4n) is 3.93. The highest BCUT2D eigenvalue weighted by Crippen LogP contribution is 2.15. The standard InChI is InChI=1S/C28H34FN3O2/c1-3-4-8-17-30(23(2)33)22-28(34)32(20-24-10-6-5-7-11-24)21-27-12-9-18-31(27)19-25-13-15-26(29)16-14-25/h5-7,9-16,18H,3-4,8,17,19-22H2,1-2H3. The van der Waals surface area contributed by atoms with Gasteiger partial charge < -0.3 is 14.4 Å². The van der Waals surface area contributed by atoms with E-state index < -0.39 is 0 Å². The number of hydrogen-bond acceptors (Lipinski definition) is 2. The molecular formula is C28H34FN3O2. The number of amides is 2. The van der Waals surface area contributed by atoms with Crippen molar-refractivity contribution in [1.82, 2.24) is 14.4 Å². The Morgan fingerprint density at radius 2 is 1.59 bits per heavy atom. The van der Waals surface area contributed by atoms with Crippen molar-refractivity contribution in [3.8, 4) is 0 Å². The second-order valence-electron chi connectivity index (χ2n) is 8.64. The lowest BCUT2D eigenvalue weighted by Gasteiger charge is -2.28. The first-order valence-corrected chi connectivity index (χ1v) is 11.9. The molecule has 0 atom stereocenters. The molecule has 2 amide bonds. The van der Waals surface area contributed by atoms with E-state index in [0.29, 0.717) is 26.2 Å². The number of aromatic nitrogens is 1. The molecule has 0 aliphatic rings. The second-order valence-corrected chi connectivity index (χ2v) is 8.64. The van der Waals surface area contributed by atoms with Gasteiger partial charge in [0, 0.05) is 38.4 Å². The van der Waals surface area contributed by atoms with Crippen LogP contribution in [0.15, 0.2) is 72.9 Å². The molecule has 0 bridgehead atoms. The molecule has 3 rings (SSSR count). The Bertz CT molecular complexity index is 1050. The molecule has 0 fully saturated rings. The largest absolute Gasteiger partial charge is 0.345 e. The van der Waals surface area contributed by atoms with Crippen LogP contribution < -0.4 is 0 Å². The van der Waals surface area contributed by atoms with Gasteiger partial charge in [-0.05, 0) is 41.8 Å². The van der Waals surface area contributed by atoms with Crippen LogP contribution in [0.4, 0.5) is 4.39 Å². The van der Waals surface area contributed by atoms with Crippen molar-refractivity contribution >= 4 is 11.8 Å². The van der Waals surface area contributed by atoms with E-state index in [0.717, 1.165) is 36.1 Å². The van der Waals surface area contributed by atoms with Gasteiger partial charge in [0.1, 0.15) is 5.82 Å².